The number of carbonyl (C=O) groups is 1. The summed E-state index contributed by atoms with van der Waals surface area (Å²) in [5, 5.41) is 0.711. The Morgan fingerprint density at radius 2 is 1.77 bits per heavy atom. The summed E-state index contributed by atoms with van der Waals surface area (Å²) in [4.78, 5) is 39.2. The molecule has 0 unspecified atom stereocenters. The number of nitrogens with zero attached hydrogens (tertiary/aromatic N) is 5. The van der Waals surface area contributed by atoms with Gasteiger partial charge in [-0.25, -0.2) is 4.98 Å². The number of anilines is 2. The van der Waals surface area contributed by atoms with Gasteiger partial charge in [-0.3, -0.25) is 18.9 Å². The molecule has 2 aliphatic heterocycles. The molecule has 7 nitrogen and oxygen atoms in total. The second kappa shape index (κ2) is 10.9. The van der Waals surface area contributed by atoms with Gasteiger partial charge >= 0.3 is 0 Å². The van der Waals surface area contributed by atoms with Gasteiger partial charge in [0.05, 0.1) is 10.5 Å². The molecule has 1 aromatic carbocycles. The van der Waals surface area contributed by atoms with Crippen LogP contribution >= 0.6 is 35.6 Å². The van der Waals surface area contributed by atoms with Gasteiger partial charge < -0.3 is 9.80 Å². The van der Waals surface area contributed by atoms with Crippen molar-refractivity contribution in [2.24, 2.45) is 0 Å². The normalized spacial score (nSPS) is 20.1. The van der Waals surface area contributed by atoms with Crippen molar-refractivity contribution in [2.45, 2.75) is 45.1 Å². The fourth-order valence-corrected chi connectivity index (χ4v) is 7.35. The van der Waals surface area contributed by atoms with Gasteiger partial charge in [-0.05, 0) is 55.7 Å². The second-order valence-electron chi connectivity index (χ2n) is 10.3. The van der Waals surface area contributed by atoms with Crippen LogP contribution in [0.2, 0.25) is 5.02 Å². The molecule has 2 saturated heterocycles. The Hall–Kier alpha value is -2.88. The van der Waals surface area contributed by atoms with Crippen LogP contribution in [-0.2, 0) is 4.79 Å². The number of aromatic nitrogens is 2. The van der Waals surface area contributed by atoms with Crippen molar-refractivity contribution in [3.05, 3.63) is 74.0 Å². The van der Waals surface area contributed by atoms with Crippen molar-refractivity contribution in [3.8, 4) is 0 Å². The van der Waals surface area contributed by atoms with Crippen LogP contribution in [0.5, 0.6) is 0 Å². The molecule has 3 aliphatic rings. The van der Waals surface area contributed by atoms with E-state index in [1.807, 2.05) is 37.3 Å². The third-order valence-corrected chi connectivity index (χ3v) is 9.42. The van der Waals surface area contributed by atoms with Crippen LogP contribution in [0, 0.1) is 6.92 Å². The number of aryl methyl sites for hydroxylation is 1. The molecule has 2 aromatic heterocycles. The predicted molar refractivity (Wildman–Crippen MR) is 164 cm³/mol. The third-order valence-electron chi connectivity index (χ3n) is 7.86. The van der Waals surface area contributed by atoms with E-state index < -0.39 is 0 Å². The largest absolute Gasteiger partial charge is 0.368 e. The predicted octanol–water partition coefficient (Wildman–Crippen LogP) is 5.52. The van der Waals surface area contributed by atoms with Crippen molar-refractivity contribution >= 4 is 69.0 Å². The van der Waals surface area contributed by atoms with Gasteiger partial charge in [-0.1, -0.05) is 67.0 Å². The van der Waals surface area contributed by atoms with Gasteiger partial charge in [0.15, 0.2) is 0 Å². The van der Waals surface area contributed by atoms with Gasteiger partial charge in [-0.15, -0.1) is 0 Å². The summed E-state index contributed by atoms with van der Waals surface area (Å²) in [6.07, 6.45) is 8.84. The van der Waals surface area contributed by atoms with Crippen LogP contribution in [0.1, 0.15) is 43.2 Å². The average Bonchev–Trinajstić information content (AvgIpc) is 3.23. The van der Waals surface area contributed by atoms with E-state index in [-0.39, 0.29) is 17.5 Å². The molecule has 0 atom stereocenters. The highest BCUT2D eigenvalue weighted by molar-refractivity contribution is 8.26. The fourth-order valence-electron chi connectivity index (χ4n) is 5.78. The number of hydrogen-bond donors (Lipinski definition) is 0. The zero-order valence-electron chi connectivity index (χ0n) is 21.8. The summed E-state index contributed by atoms with van der Waals surface area (Å²) in [6, 6.07) is 11.8. The highest BCUT2D eigenvalue weighted by Crippen LogP contribution is 2.38. The molecule has 3 aromatic rings. The van der Waals surface area contributed by atoms with E-state index in [0.29, 0.717) is 44.4 Å². The quantitative estimate of drug-likeness (QED) is 0.298. The molecule has 3 fully saturated rings. The van der Waals surface area contributed by atoms with Gasteiger partial charge in [0.1, 0.15) is 15.8 Å². The number of thioether (sulfide) groups is 1. The Bertz CT molecular complexity index is 1540. The topological polar surface area (TPSA) is 61.2 Å². The summed E-state index contributed by atoms with van der Waals surface area (Å²) in [6.45, 7) is 4.85. The molecule has 0 bridgehead atoms. The van der Waals surface area contributed by atoms with Gasteiger partial charge in [-0.2, -0.15) is 0 Å². The maximum absolute atomic E-state index is 13.9. The number of fused-ring (bicyclic) bond motifs is 1. The number of benzene rings is 1. The third kappa shape index (κ3) is 5.08. The first-order chi connectivity index (χ1) is 18.9. The number of rotatable bonds is 4. The lowest BCUT2D eigenvalue weighted by Gasteiger charge is -2.37. The Balaban J connectivity index is 1.36. The average molecular weight is 580 g/mol. The lowest BCUT2D eigenvalue weighted by Crippen LogP contribution is -2.47. The smallest absolute Gasteiger partial charge is 0.267 e. The van der Waals surface area contributed by atoms with E-state index in [2.05, 4.69) is 15.9 Å². The Morgan fingerprint density at radius 1 is 1.03 bits per heavy atom. The van der Waals surface area contributed by atoms with Crippen LogP contribution in [-0.4, -0.2) is 56.7 Å². The zero-order valence-corrected chi connectivity index (χ0v) is 24.2. The van der Waals surface area contributed by atoms with Crippen LogP contribution in [0.4, 0.5) is 11.5 Å². The maximum Gasteiger partial charge on any atom is 0.267 e. The first-order valence-corrected chi connectivity index (χ1v) is 15.1. The molecule has 1 amide bonds. The number of halogens is 1. The van der Waals surface area contributed by atoms with Crippen LogP contribution in [0.3, 0.4) is 0 Å². The molecule has 1 saturated carbocycles. The minimum atomic E-state index is -0.182. The molecular formula is C29H30ClN5O2S2. The first kappa shape index (κ1) is 26.3. The number of piperazine rings is 1. The van der Waals surface area contributed by atoms with E-state index in [4.69, 9.17) is 28.8 Å². The Labute approximate surface area is 242 Å². The summed E-state index contributed by atoms with van der Waals surface area (Å²) in [5.41, 5.74) is 2.87. The number of pyridine rings is 1. The summed E-state index contributed by atoms with van der Waals surface area (Å²) >= 11 is 13.2. The summed E-state index contributed by atoms with van der Waals surface area (Å²) in [7, 11) is 0. The Morgan fingerprint density at radius 3 is 2.51 bits per heavy atom. The fraction of sp³-hybridized carbons (Fsp3) is 0.379. The molecule has 6 rings (SSSR count). The minimum absolute atomic E-state index is 0.0950. The number of carbonyl (C=O) groups excluding carboxylic acids is 1. The molecular weight excluding hydrogens is 550 g/mol. The molecule has 10 heteroatoms. The van der Waals surface area contributed by atoms with Gasteiger partial charge in [0.25, 0.3) is 11.5 Å². The van der Waals surface area contributed by atoms with Crippen molar-refractivity contribution in [1.82, 2.24) is 14.3 Å². The lowest BCUT2D eigenvalue weighted by atomic mass is 9.94. The zero-order chi connectivity index (χ0) is 27.1. The highest BCUT2D eigenvalue weighted by Gasteiger charge is 2.38. The first-order valence-electron chi connectivity index (χ1n) is 13.5. The highest BCUT2D eigenvalue weighted by atomic mass is 35.5. The molecule has 0 radical (unpaired) electrons. The molecule has 202 valence electrons. The van der Waals surface area contributed by atoms with Crippen LogP contribution < -0.4 is 15.4 Å². The van der Waals surface area contributed by atoms with Gasteiger partial charge in [0.2, 0.25) is 0 Å². The Kier molecular flexibility index (Phi) is 7.39. The SMILES string of the molecule is Cc1cccn2c(=O)c(/C=C3\SC(=S)N(C4CCCCC4)C3=O)c(N3CCN(c4cccc(Cl)c4)CC3)nc12. The summed E-state index contributed by atoms with van der Waals surface area (Å²) in [5.74, 6) is 0.519. The van der Waals surface area contributed by atoms with Crippen molar-refractivity contribution in [3.63, 3.8) is 0 Å². The van der Waals surface area contributed by atoms with E-state index in [9.17, 15) is 9.59 Å². The number of amides is 1. The molecule has 1 aliphatic carbocycles. The van der Waals surface area contributed by atoms with Crippen LogP contribution in [0.15, 0.2) is 52.3 Å². The minimum Gasteiger partial charge on any atom is -0.368 e. The molecule has 39 heavy (non-hydrogen) atoms. The van der Waals surface area contributed by atoms with E-state index >= 15 is 0 Å². The van der Waals surface area contributed by atoms with Crippen molar-refractivity contribution in [2.75, 3.05) is 36.0 Å². The van der Waals surface area contributed by atoms with Crippen molar-refractivity contribution in [1.29, 1.82) is 0 Å². The number of thiocarbonyl (C=S) groups is 1. The monoisotopic (exact) mass is 579 g/mol. The second-order valence-corrected chi connectivity index (χ2v) is 12.4. The number of hydrogen-bond acceptors (Lipinski definition) is 7. The molecule has 0 spiro atoms. The lowest BCUT2D eigenvalue weighted by molar-refractivity contribution is -0.124. The van der Waals surface area contributed by atoms with Gasteiger partial charge in [0, 0.05) is 49.1 Å². The maximum atomic E-state index is 13.9. The van der Waals surface area contributed by atoms with E-state index in [1.54, 1.807) is 21.6 Å². The standard InChI is InChI=1S/C29H30ClN5O2S2/c1-19-7-6-12-34-25(19)31-26(33-15-13-32(14-16-33)22-11-5-8-20(30)17-22)23(27(34)36)18-24-28(37)35(29(38)39-24)21-9-3-2-4-10-21/h5-8,11-12,17-18,21H,2-4,9-10,13-16H2,1H3/b24-18-. The van der Waals surface area contributed by atoms with Crippen molar-refractivity contribution < 1.29 is 4.79 Å². The molecule has 4 heterocycles. The van der Waals surface area contributed by atoms with Crippen LogP contribution in [0.25, 0.3) is 11.7 Å². The van der Waals surface area contributed by atoms with E-state index in [0.717, 1.165) is 50.0 Å². The molecule has 0 N–H and O–H groups in total. The van der Waals surface area contributed by atoms with E-state index in [1.165, 1.54) is 18.2 Å². The summed E-state index contributed by atoms with van der Waals surface area (Å²) < 4.78 is 2.16.